The second kappa shape index (κ2) is 7.00. The molecule has 0 bridgehead atoms. The minimum atomic E-state index is -0.0552. The Morgan fingerprint density at radius 1 is 1.30 bits per heavy atom. The minimum Gasteiger partial charge on any atom is -0.489 e. The van der Waals surface area contributed by atoms with Crippen LogP contribution in [0.3, 0.4) is 0 Å². The number of benzene rings is 1. The quantitative estimate of drug-likeness (QED) is 0.687. The third-order valence-electron chi connectivity index (χ3n) is 6.02. The maximum absolute atomic E-state index is 13.5. The summed E-state index contributed by atoms with van der Waals surface area (Å²) < 4.78 is 11.9. The van der Waals surface area contributed by atoms with Crippen LogP contribution in [0.25, 0.3) is 11.1 Å². The molecule has 1 unspecified atom stereocenters. The molecule has 2 aliphatic rings. The Labute approximate surface area is 175 Å². The normalized spacial score (nSPS) is 19.8. The molecule has 1 saturated carbocycles. The van der Waals surface area contributed by atoms with Crippen LogP contribution in [0.1, 0.15) is 47.9 Å². The molecule has 1 saturated heterocycles. The molecule has 0 spiro atoms. The summed E-state index contributed by atoms with van der Waals surface area (Å²) in [5.74, 6) is 2.03. The van der Waals surface area contributed by atoms with Gasteiger partial charge in [-0.25, -0.2) is 9.97 Å². The highest BCUT2D eigenvalue weighted by molar-refractivity contribution is 6.10. The van der Waals surface area contributed by atoms with Crippen LogP contribution in [0.5, 0.6) is 5.75 Å². The number of aryl methyl sites for hydroxylation is 2. The van der Waals surface area contributed by atoms with Crippen molar-refractivity contribution in [2.45, 2.75) is 51.7 Å². The number of amides is 1. The van der Waals surface area contributed by atoms with Crippen molar-refractivity contribution in [1.82, 2.24) is 14.9 Å². The Balaban J connectivity index is 1.39. The number of carbonyl (C=O) groups is 1. The second-order valence-electron chi connectivity index (χ2n) is 8.72. The molecule has 156 valence electrons. The maximum Gasteiger partial charge on any atom is 0.258 e. The fourth-order valence-corrected chi connectivity index (χ4v) is 4.04. The summed E-state index contributed by atoms with van der Waals surface area (Å²) in [7, 11) is 0. The highest BCUT2D eigenvalue weighted by atomic mass is 16.5. The van der Waals surface area contributed by atoms with Gasteiger partial charge in [-0.15, -0.1) is 0 Å². The highest BCUT2D eigenvalue weighted by Crippen LogP contribution is 2.40. The number of likely N-dealkylation sites (tertiary alicyclic amines) is 1. The van der Waals surface area contributed by atoms with E-state index in [-0.39, 0.29) is 17.6 Å². The molecule has 1 aromatic carbocycles. The Morgan fingerprint density at radius 2 is 2.13 bits per heavy atom. The Morgan fingerprint density at radius 3 is 2.90 bits per heavy atom. The number of nitrogens with one attached hydrogen (secondary N) is 1. The minimum absolute atomic E-state index is 0.0200. The van der Waals surface area contributed by atoms with Crippen molar-refractivity contribution in [2.75, 3.05) is 18.4 Å². The Kier molecular flexibility index (Phi) is 4.41. The molecule has 1 amide bonds. The Bertz CT molecular complexity index is 1120. The predicted octanol–water partition coefficient (Wildman–Crippen LogP) is 4.10. The van der Waals surface area contributed by atoms with E-state index in [0.717, 1.165) is 30.6 Å². The SMILES string of the molecule is Cc1cccc(OC2CCN(C(=O)c3c(C)oc4ncnc(NC5(C)CC5)c34)C2)c1. The van der Waals surface area contributed by atoms with Gasteiger partial charge in [-0.3, -0.25) is 4.79 Å². The lowest BCUT2D eigenvalue weighted by Gasteiger charge is -2.18. The number of aromatic nitrogens is 2. The molecule has 7 nitrogen and oxygen atoms in total. The molecule has 1 aliphatic heterocycles. The van der Waals surface area contributed by atoms with Crippen molar-refractivity contribution < 1.29 is 13.9 Å². The van der Waals surface area contributed by atoms with Crippen molar-refractivity contribution in [2.24, 2.45) is 0 Å². The van der Waals surface area contributed by atoms with Gasteiger partial charge in [-0.2, -0.15) is 0 Å². The summed E-state index contributed by atoms with van der Waals surface area (Å²) in [4.78, 5) is 24.0. The number of anilines is 1. The van der Waals surface area contributed by atoms with E-state index in [0.29, 0.717) is 41.3 Å². The summed E-state index contributed by atoms with van der Waals surface area (Å²) in [5, 5.41) is 4.15. The van der Waals surface area contributed by atoms with E-state index < -0.39 is 0 Å². The summed E-state index contributed by atoms with van der Waals surface area (Å²) in [6, 6.07) is 8.00. The van der Waals surface area contributed by atoms with Gasteiger partial charge in [0.15, 0.2) is 0 Å². The van der Waals surface area contributed by atoms with Crippen LogP contribution in [-0.4, -0.2) is 45.5 Å². The van der Waals surface area contributed by atoms with E-state index in [1.807, 2.05) is 43.0 Å². The van der Waals surface area contributed by atoms with Crippen molar-refractivity contribution in [3.8, 4) is 5.75 Å². The van der Waals surface area contributed by atoms with Crippen LogP contribution in [0.2, 0.25) is 0 Å². The molecule has 3 aromatic rings. The molecule has 3 heterocycles. The number of hydrogen-bond donors (Lipinski definition) is 1. The van der Waals surface area contributed by atoms with Gasteiger partial charge in [0, 0.05) is 18.5 Å². The molecule has 2 aromatic heterocycles. The zero-order valence-corrected chi connectivity index (χ0v) is 17.6. The number of fused-ring (bicyclic) bond motifs is 1. The van der Waals surface area contributed by atoms with Crippen molar-refractivity contribution >= 4 is 22.8 Å². The summed E-state index contributed by atoms with van der Waals surface area (Å²) in [6.45, 7) is 7.21. The number of furan rings is 1. The lowest BCUT2D eigenvalue weighted by Crippen LogP contribution is -2.31. The fourth-order valence-electron chi connectivity index (χ4n) is 4.04. The van der Waals surface area contributed by atoms with Crippen LogP contribution < -0.4 is 10.1 Å². The molecule has 1 N–H and O–H groups in total. The van der Waals surface area contributed by atoms with Gasteiger partial charge in [-0.1, -0.05) is 12.1 Å². The van der Waals surface area contributed by atoms with E-state index in [4.69, 9.17) is 9.15 Å². The first kappa shape index (κ1) is 18.9. The van der Waals surface area contributed by atoms with Gasteiger partial charge in [0.25, 0.3) is 5.91 Å². The first-order valence-electron chi connectivity index (χ1n) is 10.5. The highest BCUT2D eigenvalue weighted by Gasteiger charge is 2.39. The number of carbonyl (C=O) groups excluding carboxylic acids is 1. The predicted molar refractivity (Wildman–Crippen MR) is 114 cm³/mol. The second-order valence-corrected chi connectivity index (χ2v) is 8.72. The van der Waals surface area contributed by atoms with Crippen molar-refractivity contribution in [3.05, 3.63) is 47.5 Å². The molecule has 7 heteroatoms. The largest absolute Gasteiger partial charge is 0.489 e. The van der Waals surface area contributed by atoms with E-state index in [1.165, 1.54) is 6.33 Å². The van der Waals surface area contributed by atoms with Gasteiger partial charge in [0.1, 0.15) is 29.8 Å². The first-order chi connectivity index (χ1) is 14.4. The van der Waals surface area contributed by atoms with Gasteiger partial charge in [0.05, 0.1) is 17.5 Å². The molecule has 2 fully saturated rings. The third-order valence-corrected chi connectivity index (χ3v) is 6.02. The molecule has 5 rings (SSSR count). The monoisotopic (exact) mass is 406 g/mol. The van der Waals surface area contributed by atoms with Crippen LogP contribution in [0.4, 0.5) is 5.82 Å². The van der Waals surface area contributed by atoms with Crippen LogP contribution >= 0.6 is 0 Å². The zero-order chi connectivity index (χ0) is 20.9. The third kappa shape index (κ3) is 3.49. The topological polar surface area (TPSA) is 80.5 Å². The molecular weight excluding hydrogens is 380 g/mol. The fraction of sp³-hybridized carbons (Fsp3) is 0.435. The zero-order valence-electron chi connectivity index (χ0n) is 17.6. The molecular formula is C23H26N4O3. The average molecular weight is 406 g/mol. The van der Waals surface area contributed by atoms with E-state index in [9.17, 15) is 4.79 Å². The number of rotatable bonds is 5. The average Bonchev–Trinajstić information content (AvgIpc) is 3.11. The molecule has 0 radical (unpaired) electrons. The molecule has 30 heavy (non-hydrogen) atoms. The first-order valence-corrected chi connectivity index (χ1v) is 10.5. The number of ether oxygens (including phenoxy) is 1. The van der Waals surface area contributed by atoms with Crippen LogP contribution in [0.15, 0.2) is 35.0 Å². The van der Waals surface area contributed by atoms with Crippen LogP contribution in [0, 0.1) is 13.8 Å². The lowest BCUT2D eigenvalue weighted by molar-refractivity contribution is 0.0772. The lowest BCUT2D eigenvalue weighted by atomic mass is 10.1. The number of hydrogen-bond acceptors (Lipinski definition) is 6. The van der Waals surface area contributed by atoms with Crippen LogP contribution in [-0.2, 0) is 0 Å². The van der Waals surface area contributed by atoms with Gasteiger partial charge < -0.3 is 19.4 Å². The van der Waals surface area contributed by atoms with Crippen molar-refractivity contribution in [3.63, 3.8) is 0 Å². The number of nitrogens with zero attached hydrogens (tertiary/aromatic N) is 3. The summed E-state index contributed by atoms with van der Waals surface area (Å²) in [6.07, 6.45) is 4.43. The van der Waals surface area contributed by atoms with Gasteiger partial charge in [-0.05, 0) is 51.3 Å². The maximum atomic E-state index is 13.5. The van der Waals surface area contributed by atoms with E-state index in [1.54, 1.807) is 0 Å². The molecule has 1 aliphatic carbocycles. The Hall–Kier alpha value is -3.09. The van der Waals surface area contributed by atoms with E-state index in [2.05, 4.69) is 22.2 Å². The summed E-state index contributed by atoms with van der Waals surface area (Å²) >= 11 is 0. The van der Waals surface area contributed by atoms with Crippen molar-refractivity contribution in [1.29, 1.82) is 0 Å². The summed E-state index contributed by atoms with van der Waals surface area (Å²) in [5.41, 5.74) is 2.19. The smallest absolute Gasteiger partial charge is 0.258 e. The molecule has 1 atom stereocenters. The van der Waals surface area contributed by atoms with E-state index >= 15 is 0 Å². The van der Waals surface area contributed by atoms with Gasteiger partial charge in [0.2, 0.25) is 5.71 Å². The van der Waals surface area contributed by atoms with Gasteiger partial charge >= 0.3 is 0 Å². The standard InChI is InChI=1S/C23H26N4O3/c1-14-5-4-6-16(11-14)30-17-7-10-27(12-17)22(28)18-15(2)29-21-19(18)20(24-13-25-21)26-23(3)8-9-23/h4-6,11,13,17H,7-10,12H2,1-3H3,(H,24,25,26).